The van der Waals surface area contributed by atoms with Crippen LogP contribution in [0, 0.1) is 11.3 Å². The van der Waals surface area contributed by atoms with Crippen LogP contribution in [0.15, 0.2) is 24.3 Å². The van der Waals surface area contributed by atoms with E-state index in [2.05, 4.69) is 17.5 Å². The van der Waals surface area contributed by atoms with E-state index in [1.54, 1.807) is 6.92 Å². The molecular formula is C16H20N2O2. The van der Waals surface area contributed by atoms with E-state index in [1.807, 2.05) is 25.1 Å². The summed E-state index contributed by atoms with van der Waals surface area (Å²) < 4.78 is 5.71. The summed E-state index contributed by atoms with van der Waals surface area (Å²) >= 11 is 0. The van der Waals surface area contributed by atoms with Crippen molar-refractivity contribution in [2.75, 3.05) is 6.61 Å². The molecule has 2 atom stereocenters. The quantitative estimate of drug-likeness (QED) is 0.916. The summed E-state index contributed by atoms with van der Waals surface area (Å²) in [6, 6.07) is 10.2. The largest absolute Gasteiger partial charge is 0.373 e. The van der Waals surface area contributed by atoms with Gasteiger partial charge in [0.2, 0.25) is 5.91 Å². The molecule has 0 bridgehead atoms. The van der Waals surface area contributed by atoms with Crippen molar-refractivity contribution in [3.63, 3.8) is 0 Å². The normalized spacial score (nSPS) is 20.4. The molecule has 1 N–H and O–H groups in total. The molecule has 20 heavy (non-hydrogen) atoms. The number of fused-ring (bicyclic) bond motifs is 1. The Balaban J connectivity index is 2.05. The highest BCUT2D eigenvalue weighted by Gasteiger charge is 2.27. The van der Waals surface area contributed by atoms with Crippen LogP contribution in [0.2, 0.25) is 0 Å². The summed E-state index contributed by atoms with van der Waals surface area (Å²) in [6.45, 7) is 4.26. The SMILES string of the molecule is CC[C@@](C)(C#N)NC(=O)C[C@@H]1OCCc2ccccc21. The first-order valence-electron chi connectivity index (χ1n) is 6.99. The Hall–Kier alpha value is -1.86. The van der Waals surface area contributed by atoms with Crippen LogP contribution >= 0.6 is 0 Å². The Kier molecular flexibility index (Phi) is 4.41. The molecule has 0 fully saturated rings. The number of hydrogen-bond donors (Lipinski definition) is 1. The second kappa shape index (κ2) is 6.06. The minimum absolute atomic E-state index is 0.141. The van der Waals surface area contributed by atoms with E-state index >= 15 is 0 Å². The van der Waals surface area contributed by atoms with Crippen LogP contribution in [0.25, 0.3) is 0 Å². The molecule has 106 valence electrons. The van der Waals surface area contributed by atoms with Gasteiger partial charge in [-0.1, -0.05) is 31.2 Å². The lowest BCUT2D eigenvalue weighted by Gasteiger charge is -2.27. The predicted molar refractivity (Wildman–Crippen MR) is 75.9 cm³/mol. The molecule has 0 aliphatic carbocycles. The van der Waals surface area contributed by atoms with Gasteiger partial charge < -0.3 is 10.1 Å². The lowest BCUT2D eigenvalue weighted by molar-refractivity contribution is -0.125. The van der Waals surface area contributed by atoms with E-state index in [-0.39, 0.29) is 18.4 Å². The highest BCUT2D eigenvalue weighted by Crippen LogP contribution is 2.29. The molecule has 0 unspecified atom stereocenters. The fraction of sp³-hybridized carbons (Fsp3) is 0.500. The van der Waals surface area contributed by atoms with Gasteiger partial charge in [0, 0.05) is 0 Å². The second-order valence-electron chi connectivity index (χ2n) is 5.36. The average Bonchev–Trinajstić information content (AvgIpc) is 2.47. The van der Waals surface area contributed by atoms with Crippen molar-refractivity contribution >= 4 is 5.91 Å². The number of hydrogen-bond acceptors (Lipinski definition) is 3. The summed E-state index contributed by atoms with van der Waals surface area (Å²) in [7, 11) is 0. The Labute approximate surface area is 119 Å². The van der Waals surface area contributed by atoms with Crippen molar-refractivity contribution in [3.8, 4) is 6.07 Å². The van der Waals surface area contributed by atoms with Gasteiger partial charge in [-0.25, -0.2) is 0 Å². The van der Waals surface area contributed by atoms with Crippen LogP contribution in [0.1, 0.15) is 43.9 Å². The number of benzene rings is 1. The van der Waals surface area contributed by atoms with Gasteiger partial charge >= 0.3 is 0 Å². The van der Waals surface area contributed by atoms with Crippen molar-refractivity contribution in [1.82, 2.24) is 5.32 Å². The van der Waals surface area contributed by atoms with Crippen LogP contribution in [0.3, 0.4) is 0 Å². The van der Waals surface area contributed by atoms with Gasteiger partial charge in [-0.3, -0.25) is 4.79 Å². The molecule has 1 aromatic rings. The zero-order valence-electron chi connectivity index (χ0n) is 12.0. The fourth-order valence-corrected chi connectivity index (χ4v) is 2.37. The van der Waals surface area contributed by atoms with E-state index in [4.69, 9.17) is 10.00 Å². The number of carbonyl (C=O) groups is 1. The Bertz CT molecular complexity index is 536. The average molecular weight is 272 g/mol. The van der Waals surface area contributed by atoms with Crippen LogP contribution in [0.4, 0.5) is 0 Å². The second-order valence-corrected chi connectivity index (χ2v) is 5.36. The standard InChI is InChI=1S/C16H20N2O2/c1-3-16(2,11-17)18-15(19)10-14-13-7-5-4-6-12(13)8-9-20-14/h4-7,14H,3,8-10H2,1-2H3,(H,18,19)/t14-,16-/m0/s1. The first kappa shape index (κ1) is 14.5. The third-order valence-electron chi connectivity index (χ3n) is 3.83. The molecule has 0 aromatic heterocycles. The fourth-order valence-electron chi connectivity index (χ4n) is 2.37. The maximum Gasteiger partial charge on any atom is 0.224 e. The lowest BCUT2D eigenvalue weighted by Crippen LogP contribution is -2.44. The minimum Gasteiger partial charge on any atom is -0.373 e. The first-order chi connectivity index (χ1) is 9.58. The lowest BCUT2D eigenvalue weighted by atomic mass is 9.95. The zero-order chi connectivity index (χ0) is 14.6. The summed E-state index contributed by atoms with van der Waals surface area (Å²) in [6.07, 6.45) is 1.52. The van der Waals surface area contributed by atoms with Crippen molar-refractivity contribution in [3.05, 3.63) is 35.4 Å². The maximum atomic E-state index is 12.1. The molecule has 1 aromatic carbocycles. The van der Waals surface area contributed by atoms with Crippen LogP contribution in [0.5, 0.6) is 0 Å². The van der Waals surface area contributed by atoms with E-state index in [0.29, 0.717) is 13.0 Å². The number of nitrogens with one attached hydrogen (secondary N) is 1. The summed E-state index contributed by atoms with van der Waals surface area (Å²) in [4.78, 5) is 12.1. The highest BCUT2D eigenvalue weighted by molar-refractivity contribution is 5.78. The molecule has 1 aliphatic rings. The number of rotatable bonds is 4. The summed E-state index contributed by atoms with van der Waals surface area (Å²) in [5.41, 5.74) is 1.53. The number of nitrogens with zero attached hydrogens (tertiary/aromatic N) is 1. The molecule has 1 aliphatic heterocycles. The van der Waals surface area contributed by atoms with Crippen LogP contribution < -0.4 is 5.32 Å². The third-order valence-corrected chi connectivity index (χ3v) is 3.83. The first-order valence-corrected chi connectivity index (χ1v) is 6.99. The van der Waals surface area contributed by atoms with Gasteiger partial charge in [0.25, 0.3) is 0 Å². The van der Waals surface area contributed by atoms with E-state index in [9.17, 15) is 4.79 Å². The number of nitriles is 1. The number of ether oxygens (including phenoxy) is 1. The van der Waals surface area contributed by atoms with Crippen molar-refractivity contribution < 1.29 is 9.53 Å². The van der Waals surface area contributed by atoms with E-state index in [0.717, 1.165) is 12.0 Å². The van der Waals surface area contributed by atoms with Crippen LogP contribution in [-0.4, -0.2) is 18.1 Å². The minimum atomic E-state index is -0.800. The van der Waals surface area contributed by atoms with Gasteiger partial charge in [-0.05, 0) is 30.9 Å². The molecule has 0 saturated heterocycles. The highest BCUT2D eigenvalue weighted by atomic mass is 16.5. The van der Waals surface area contributed by atoms with Gasteiger partial charge in [0.1, 0.15) is 5.54 Å². The Morgan fingerprint density at radius 2 is 2.30 bits per heavy atom. The van der Waals surface area contributed by atoms with Crippen molar-refractivity contribution in [2.45, 2.75) is 44.8 Å². The van der Waals surface area contributed by atoms with Crippen LogP contribution in [-0.2, 0) is 16.0 Å². The maximum absolute atomic E-state index is 12.1. The van der Waals surface area contributed by atoms with E-state index in [1.165, 1.54) is 5.56 Å². The smallest absolute Gasteiger partial charge is 0.224 e. The van der Waals surface area contributed by atoms with Crippen molar-refractivity contribution in [2.24, 2.45) is 0 Å². The molecule has 2 rings (SSSR count). The van der Waals surface area contributed by atoms with Gasteiger partial charge in [-0.2, -0.15) is 5.26 Å². The Morgan fingerprint density at radius 1 is 1.55 bits per heavy atom. The molecule has 0 radical (unpaired) electrons. The van der Waals surface area contributed by atoms with Gasteiger partial charge in [0.05, 0.1) is 25.2 Å². The number of amides is 1. The summed E-state index contributed by atoms with van der Waals surface area (Å²) in [5, 5.41) is 11.9. The zero-order valence-corrected chi connectivity index (χ0v) is 12.0. The van der Waals surface area contributed by atoms with Crippen molar-refractivity contribution in [1.29, 1.82) is 5.26 Å². The molecule has 1 heterocycles. The third kappa shape index (κ3) is 3.17. The van der Waals surface area contributed by atoms with Gasteiger partial charge in [0.15, 0.2) is 0 Å². The number of carbonyl (C=O) groups excluding carboxylic acids is 1. The topological polar surface area (TPSA) is 62.1 Å². The molecule has 1 amide bonds. The molecule has 0 saturated carbocycles. The van der Waals surface area contributed by atoms with E-state index < -0.39 is 5.54 Å². The Morgan fingerprint density at radius 3 is 3.00 bits per heavy atom. The predicted octanol–water partition coefficient (Wildman–Crippen LogP) is 2.50. The monoisotopic (exact) mass is 272 g/mol. The summed E-state index contributed by atoms with van der Waals surface area (Å²) in [5.74, 6) is -0.141. The molecule has 4 heteroatoms. The molecule has 0 spiro atoms. The van der Waals surface area contributed by atoms with Gasteiger partial charge in [-0.15, -0.1) is 0 Å². The molecular weight excluding hydrogens is 252 g/mol. The molecule has 4 nitrogen and oxygen atoms in total.